The molecule has 0 fully saturated rings. The smallest absolute Gasteiger partial charge is 0.226 e. The summed E-state index contributed by atoms with van der Waals surface area (Å²) in [6, 6.07) is 11.8. The van der Waals surface area contributed by atoms with Crippen LogP contribution in [0.15, 0.2) is 30.3 Å². The third kappa shape index (κ3) is 5.11. The van der Waals surface area contributed by atoms with Gasteiger partial charge in [-0.2, -0.15) is 5.26 Å². The Hall–Kier alpha value is -1.86. The van der Waals surface area contributed by atoms with Crippen molar-refractivity contribution in [2.45, 2.75) is 26.3 Å². The molecule has 0 spiro atoms. The highest BCUT2D eigenvalue weighted by Gasteiger charge is 2.19. The van der Waals surface area contributed by atoms with Crippen LogP contribution < -0.4 is 5.73 Å². The second-order valence-corrected chi connectivity index (χ2v) is 4.67. The number of nitriles is 1. The second kappa shape index (κ2) is 8.28. The quantitative estimate of drug-likeness (QED) is 0.760. The Balaban J connectivity index is 2.66. The predicted octanol–water partition coefficient (Wildman–Crippen LogP) is 1.91. The molecule has 19 heavy (non-hydrogen) atoms. The fourth-order valence-corrected chi connectivity index (χ4v) is 1.96. The number of carbonyl (C=O) groups is 1. The van der Waals surface area contributed by atoms with E-state index in [2.05, 4.69) is 6.07 Å². The molecule has 0 aliphatic rings. The van der Waals surface area contributed by atoms with Crippen LogP contribution >= 0.6 is 0 Å². The minimum atomic E-state index is -0.0828. The van der Waals surface area contributed by atoms with Crippen LogP contribution in [0.2, 0.25) is 0 Å². The van der Waals surface area contributed by atoms with Crippen molar-refractivity contribution in [2.24, 2.45) is 11.7 Å². The van der Waals surface area contributed by atoms with Crippen molar-refractivity contribution < 1.29 is 4.79 Å². The fourth-order valence-electron chi connectivity index (χ4n) is 1.96. The number of rotatable bonds is 7. The SMILES string of the molecule is CC(CCCN)C(=O)N(CC#N)Cc1ccccc1. The van der Waals surface area contributed by atoms with Gasteiger partial charge < -0.3 is 10.6 Å². The molecule has 0 heterocycles. The Labute approximate surface area is 114 Å². The van der Waals surface area contributed by atoms with E-state index < -0.39 is 0 Å². The molecule has 1 rings (SSSR count). The summed E-state index contributed by atoms with van der Waals surface area (Å²) in [5, 5.41) is 8.86. The van der Waals surface area contributed by atoms with Crippen LogP contribution in [0.3, 0.4) is 0 Å². The van der Waals surface area contributed by atoms with Gasteiger partial charge in [0.25, 0.3) is 0 Å². The molecule has 0 aliphatic carbocycles. The van der Waals surface area contributed by atoms with Gasteiger partial charge in [-0.1, -0.05) is 37.3 Å². The molecule has 4 heteroatoms. The van der Waals surface area contributed by atoms with Crippen LogP contribution in [-0.4, -0.2) is 23.9 Å². The van der Waals surface area contributed by atoms with Gasteiger partial charge in [0, 0.05) is 12.5 Å². The largest absolute Gasteiger partial charge is 0.330 e. The Morgan fingerprint density at radius 1 is 1.42 bits per heavy atom. The van der Waals surface area contributed by atoms with E-state index in [1.165, 1.54) is 0 Å². The lowest BCUT2D eigenvalue weighted by molar-refractivity contribution is -0.135. The molecule has 0 aliphatic heterocycles. The Morgan fingerprint density at radius 3 is 2.68 bits per heavy atom. The van der Waals surface area contributed by atoms with Crippen molar-refractivity contribution in [1.29, 1.82) is 5.26 Å². The Kier molecular flexibility index (Phi) is 6.62. The van der Waals surface area contributed by atoms with Crippen LogP contribution in [-0.2, 0) is 11.3 Å². The summed E-state index contributed by atoms with van der Waals surface area (Å²) in [6.45, 7) is 3.10. The highest BCUT2D eigenvalue weighted by molar-refractivity contribution is 5.78. The zero-order valence-corrected chi connectivity index (χ0v) is 11.4. The molecule has 0 radical (unpaired) electrons. The van der Waals surface area contributed by atoms with E-state index in [4.69, 9.17) is 11.0 Å². The van der Waals surface area contributed by atoms with Crippen LogP contribution in [0.25, 0.3) is 0 Å². The molecule has 4 nitrogen and oxygen atoms in total. The lowest BCUT2D eigenvalue weighted by Gasteiger charge is -2.23. The van der Waals surface area contributed by atoms with E-state index in [1.807, 2.05) is 37.3 Å². The average molecular weight is 259 g/mol. The van der Waals surface area contributed by atoms with Gasteiger partial charge in [-0.05, 0) is 24.9 Å². The standard InChI is InChI=1S/C15H21N3O/c1-13(6-5-9-16)15(19)18(11-10-17)12-14-7-3-2-4-8-14/h2-4,7-8,13H,5-6,9,11-12,16H2,1H3. The third-order valence-electron chi connectivity index (χ3n) is 3.05. The molecule has 0 aromatic heterocycles. The molecule has 1 aromatic carbocycles. The lowest BCUT2D eigenvalue weighted by Crippen LogP contribution is -2.35. The van der Waals surface area contributed by atoms with Gasteiger partial charge in [0.2, 0.25) is 5.91 Å². The van der Waals surface area contributed by atoms with Gasteiger partial charge in [-0.15, -0.1) is 0 Å². The zero-order valence-electron chi connectivity index (χ0n) is 11.4. The van der Waals surface area contributed by atoms with Crippen molar-refractivity contribution in [2.75, 3.05) is 13.1 Å². The molecule has 102 valence electrons. The van der Waals surface area contributed by atoms with Crippen LogP contribution in [0.4, 0.5) is 0 Å². The molecule has 1 atom stereocenters. The first-order valence-electron chi connectivity index (χ1n) is 6.58. The molecule has 2 N–H and O–H groups in total. The summed E-state index contributed by atoms with van der Waals surface area (Å²) in [7, 11) is 0. The molecular weight excluding hydrogens is 238 g/mol. The number of nitrogens with two attached hydrogens (primary N) is 1. The van der Waals surface area contributed by atoms with Gasteiger partial charge in [-0.25, -0.2) is 0 Å². The highest BCUT2D eigenvalue weighted by atomic mass is 16.2. The lowest BCUT2D eigenvalue weighted by atomic mass is 10.0. The van der Waals surface area contributed by atoms with E-state index >= 15 is 0 Å². The van der Waals surface area contributed by atoms with E-state index in [0.29, 0.717) is 13.1 Å². The predicted molar refractivity (Wildman–Crippen MR) is 74.9 cm³/mol. The highest BCUT2D eigenvalue weighted by Crippen LogP contribution is 2.12. The number of benzene rings is 1. The maximum Gasteiger partial charge on any atom is 0.226 e. The number of carbonyl (C=O) groups excluding carboxylic acids is 1. The summed E-state index contributed by atoms with van der Waals surface area (Å²) < 4.78 is 0. The molecule has 0 saturated carbocycles. The second-order valence-electron chi connectivity index (χ2n) is 4.67. The van der Waals surface area contributed by atoms with Crippen molar-refractivity contribution >= 4 is 5.91 Å². The molecule has 1 unspecified atom stereocenters. The van der Waals surface area contributed by atoms with E-state index in [9.17, 15) is 4.79 Å². The summed E-state index contributed by atoms with van der Waals surface area (Å²) in [4.78, 5) is 13.9. The molecule has 0 bridgehead atoms. The maximum atomic E-state index is 12.3. The molecule has 1 amide bonds. The van der Waals surface area contributed by atoms with Gasteiger partial charge in [0.05, 0.1) is 6.07 Å². The summed E-state index contributed by atoms with van der Waals surface area (Å²) in [6.07, 6.45) is 1.60. The fraction of sp³-hybridized carbons (Fsp3) is 0.467. The van der Waals surface area contributed by atoms with Gasteiger partial charge >= 0.3 is 0 Å². The van der Waals surface area contributed by atoms with Crippen molar-refractivity contribution in [3.05, 3.63) is 35.9 Å². The summed E-state index contributed by atoms with van der Waals surface area (Å²) in [5.41, 5.74) is 6.50. The number of nitrogens with zero attached hydrogens (tertiary/aromatic N) is 2. The monoisotopic (exact) mass is 259 g/mol. The van der Waals surface area contributed by atoms with Crippen molar-refractivity contribution in [3.63, 3.8) is 0 Å². The van der Waals surface area contributed by atoms with Crippen molar-refractivity contribution in [3.8, 4) is 6.07 Å². The van der Waals surface area contributed by atoms with Gasteiger partial charge in [0.15, 0.2) is 0 Å². The number of hydrogen-bond acceptors (Lipinski definition) is 3. The Morgan fingerprint density at radius 2 is 2.11 bits per heavy atom. The van der Waals surface area contributed by atoms with Crippen molar-refractivity contribution in [1.82, 2.24) is 4.90 Å². The van der Waals surface area contributed by atoms with Crippen LogP contribution in [0, 0.1) is 17.2 Å². The van der Waals surface area contributed by atoms with E-state index in [1.54, 1.807) is 4.90 Å². The first-order valence-corrected chi connectivity index (χ1v) is 6.58. The van der Waals surface area contributed by atoms with Crippen LogP contribution in [0.5, 0.6) is 0 Å². The molecule has 0 saturated heterocycles. The minimum Gasteiger partial charge on any atom is -0.330 e. The minimum absolute atomic E-state index is 0.0267. The zero-order chi connectivity index (χ0) is 14.1. The third-order valence-corrected chi connectivity index (χ3v) is 3.05. The first kappa shape index (κ1) is 15.2. The van der Waals surface area contributed by atoms with Gasteiger partial charge in [0.1, 0.15) is 6.54 Å². The summed E-state index contributed by atoms with van der Waals surface area (Å²) >= 11 is 0. The first-order chi connectivity index (χ1) is 9.19. The average Bonchev–Trinajstić information content (AvgIpc) is 2.44. The molecular formula is C15H21N3O. The van der Waals surface area contributed by atoms with Gasteiger partial charge in [-0.3, -0.25) is 4.79 Å². The maximum absolute atomic E-state index is 12.3. The normalized spacial score (nSPS) is 11.6. The number of amides is 1. The topological polar surface area (TPSA) is 70.1 Å². The van der Waals surface area contributed by atoms with Crippen LogP contribution in [0.1, 0.15) is 25.3 Å². The Bertz CT molecular complexity index is 425. The van der Waals surface area contributed by atoms with E-state index in [0.717, 1.165) is 18.4 Å². The number of hydrogen-bond donors (Lipinski definition) is 1. The summed E-state index contributed by atoms with van der Waals surface area (Å²) in [5.74, 6) is -0.0561. The molecule has 1 aromatic rings. The van der Waals surface area contributed by atoms with E-state index in [-0.39, 0.29) is 18.4 Å².